The molecule has 1 rings (SSSR count). The molecule has 0 spiro atoms. The molecule has 12 heavy (non-hydrogen) atoms. The number of hydrogen-bond donors (Lipinski definition) is 3. The Kier molecular flexibility index (Phi) is 2.61. The number of nitrogens with one attached hydrogen (secondary N) is 2. The summed E-state index contributed by atoms with van der Waals surface area (Å²) in [6, 6.07) is -0.988. The fraction of sp³-hybridized carbons (Fsp3) is 0.667. The van der Waals surface area contributed by atoms with Crippen LogP contribution in [0, 0.1) is 0 Å². The highest BCUT2D eigenvalue weighted by molar-refractivity contribution is 5.91. The molecule has 1 saturated heterocycles. The molecular weight excluding hydrogens is 164 g/mol. The van der Waals surface area contributed by atoms with E-state index in [1.165, 1.54) is 0 Å². The average Bonchev–Trinajstić information content (AvgIpc) is 2.34. The molecule has 1 fully saturated rings. The fourth-order valence-corrected chi connectivity index (χ4v) is 0.873. The van der Waals surface area contributed by atoms with E-state index in [1.807, 2.05) is 0 Å². The van der Waals surface area contributed by atoms with Crippen molar-refractivity contribution in [3.63, 3.8) is 0 Å². The first-order chi connectivity index (χ1) is 5.66. The predicted octanol–water partition coefficient (Wildman–Crippen LogP) is -2.09. The summed E-state index contributed by atoms with van der Waals surface area (Å²) in [5, 5.41) is 9.08. The SMILES string of the molecule is CCOC(=O)[C@H]1NNC(=O)[C@@H]1O. The van der Waals surface area contributed by atoms with Gasteiger partial charge in [0.1, 0.15) is 0 Å². The summed E-state index contributed by atoms with van der Waals surface area (Å²) in [7, 11) is 0. The topological polar surface area (TPSA) is 87.7 Å². The molecule has 6 heteroatoms. The smallest absolute Gasteiger partial charge is 0.328 e. The van der Waals surface area contributed by atoms with Crippen LogP contribution in [0.2, 0.25) is 0 Å². The van der Waals surface area contributed by atoms with Crippen LogP contribution in [-0.2, 0) is 14.3 Å². The van der Waals surface area contributed by atoms with Crippen LogP contribution in [0.3, 0.4) is 0 Å². The molecule has 6 nitrogen and oxygen atoms in total. The summed E-state index contributed by atoms with van der Waals surface area (Å²) >= 11 is 0. The zero-order chi connectivity index (χ0) is 9.14. The van der Waals surface area contributed by atoms with Crippen LogP contribution in [0.25, 0.3) is 0 Å². The molecule has 2 atom stereocenters. The lowest BCUT2D eigenvalue weighted by atomic mass is 10.2. The third-order valence-corrected chi connectivity index (χ3v) is 1.48. The molecule has 1 aliphatic rings. The number of ether oxygens (including phenoxy) is 1. The summed E-state index contributed by atoms with van der Waals surface area (Å²) in [5.74, 6) is -1.25. The van der Waals surface area contributed by atoms with Crippen LogP contribution in [0.1, 0.15) is 6.92 Å². The van der Waals surface area contributed by atoms with Gasteiger partial charge in [0.15, 0.2) is 12.1 Å². The number of hydrazine groups is 1. The number of aliphatic hydroxyl groups excluding tert-OH is 1. The molecule has 1 aliphatic heterocycles. The van der Waals surface area contributed by atoms with E-state index in [9.17, 15) is 9.59 Å². The molecule has 0 bridgehead atoms. The van der Waals surface area contributed by atoms with Gasteiger partial charge in [-0.2, -0.15) is 0 Å². The van der Waals surface area contributed by atoms with Crippen LogP contribution in [0.4, 0.5) is 0 Å². The van der Waals surface area contributed by atoms with Crippen molar-refractivity contribution in [3.05, 3.63) is 0 Å². The quantitative estimate of drug-likeness (QED) is 0.418. The van der Waals surface area contributed by atoms with E-state index < -0.39 is 24.0 Å². The molecule has 1 amide bonds. The molecule has 0 aromatic rings. The number of carbonyl (C=O) groups excluding carboxylic acids is 2. The van der Waals surface area contributed by atoms with E-state index >= 15 is 0 Å². The Hall–Kier alpha value is -1.14. The molecule has 68 valence electrons. The number of hydrogen-bond acceptors (Lipinski definition) is 5. The molecule has 0 radical (unpaired) electrons. The highest BCUT2D eigenvalue weighted by Gasteiger charge is 2.38. The maximum absolute atomic E-state index is 11.0. The zero-order valence-corrected chi connectivity index (χ0v) is 6.53. The Balaban J connectivity index is 2.53. The molecule has 0 saturated carbocycles. The van der Waals surface area contributed by atoms with Crippen molar-refractivity contribution in [2.45, 2.75) is 19.1 Å². The van der Waals surface area contributed by atoms with E-state index in [4.69, 9.17) is 5.11 Å². The first kappa shape index (κ1) is 8.95. The maximum Gasteiger partial charge on any atom is 0.328 e. The lowest BCUT2D eigenvalue weighted by Crippen LogP contribution is -2.41. The van der Waals surface area contributed by atoms with Crippen molar-refractivity contribution in [1.82, 2.24) is 10.9 Å². The van der Waals surface area contributed by atoms with Gasteiger partial charge in [0.25, 0.3) is 5.91 Å². The van der Waals surface area contributed by atoms with Gasteiger partial charge in [-0.25, -0.2) is 5.43 Å². The van der Waals surface area contributed by atoms with Crippen LogP contribution in [0.15, 0.2) is 0 Å². The molecule has 0 aromatic carbocycles. The molecule has 3 N–H and O–H groups in total. The first-order valence-corrected chi connectivity index (χ1v) is 3.57. The third kappa shape index (κ3) is 1.54. The maximum atomic E-state index is 11.0. The van der Waals surface area contributed by atoms with Crippen molar-refractivity contribution in [1.29, 1.82) is 0 Å². The summed E-state index contributed by atoms with van der Waals surface area (Å²) in [6.45, 7) is 1.87. The average molecular weight is 174 g/mol. The Morgan fingerprint density at radius 2 is 2.42 bits per heavy atom. The molecule has 1 heterocycles. The molecular formula is C6H10N2O4. The number of rotatable bonds is 2. The van der Waals surface area contributed by atoms with Crippen molar-refractivity contribution >= 4 is 11.9 Å². The van der Waals surface area contributed by atoms with Crippen LogP contribution >= 0.6 is 0 Å². The van der Waals surface area contributed by atoms with E-state index in [-0.39, 0.29) is 6.61 Å². The summed E-state index contributed by atoms with van der Waals surface area (Å²) in [6.07, 6.45) is -1.36. The minimum atomic E-state index is -1.36. The van der Waals surface area contributed by atoms with E-state index in [1.54, 1.807) is 6.92 Å². The van der Waals surface area contributed by atoms with Crippen molar-refractivity contribution in [3.8, 4) is 0 Å². The van der Waals surface area contributed by atoms with Gasteiger partial charge >= 0.3 is 5.97 Å². The van der Waals surface area contributed by atoms with Gasteiger partial charge in [-0.05, 0) is 6.92 Å². The van der Waals surface area contributed by atoms with Gasteiger partial charge in [-0.3, -0.25) is 15.0 Å². The lowest BCUT2D eigenvalue weighted by molar-refractivity contribution is -0.148. The monoisotopic (exact) mass is 174 g/mol. The number of esters is 1. The second kappa shape index (κ2) is 3.51. The lowest BCUT2D eigenvalue weighted by Gasteiger charge is -2.09. The van der Waals surface area contributed by atoms with Crippen LogP contribution in [-0.4, -0.2) is 35.7 Å². The van der Waals surface area contributed by atoms with E-state index in [2.05, 4.69) is 15.6 Å². The fourth-order valence-electron chi connectivity index (χ4n) is 0.873. The third-order valence-electron chi connectivity index (χ3n) is 1.48. The Bertz CT molecular complexity index is 206. The van der Waals surface area contributed by atoms with Gasteiger partial charge in [0.2, 0.25) is 0 Å². The minimum Gasteiger partial charge on any atom is -0.465 e. The molecule has 0 aromatic heterocycles. The van der Waals surface area contributed by atoms with E-state index in [0.29, 0.717) is 0 Å². The Labute approximate surface area is 68.9 Å². The summed E-state index contributed by atoms with van der Waals surface area (Å²) in [4.78, 5) is 21.6. The number of aliphatic hydroxyl groups is 1. The normalized spacial score (nSPS) is 28.3. The van der Waals surface area contributed by atoms with Crippen LogP contribution < -0.4 is 10.9 Å². The Morgan fingerprint density at radius 3 is 2.83 bits per heavy atom. The van der Waals surface area contributed by atoms with Crippen LogP contribution in [0.5, 0.6) is 0 Å². The van der Waals surface area contributed by atoms with Gasteiger partial charge in [0.05, 0.1) is 6.61 Å². The van der Waals surface area contributed by atoms with Gasteiger partial charge < -0.3 is 9.84 Å². The van der Waals surface area contributed by atoms with Gasteiger partial charge in [-0.1, -0.05) is 0 Å². The Morgan fingerprint density at radius 1 is 1.75 bits per heavy atom. The van der Waals surface area contributed by atoms with Gasteiger partial charge in [-0.15, -0.1) is 0 Å². The number of carbonyl (C=O) groups is 2. The molecule has 0 unspecified atom stereocenters. The van der Waals surface area contributed by atoms with Gasteiger partial charge in [0, 0.05) is 0 Å². The van der Waals surface area contributed by atoms with Crippen molar-refractivity contribution < 1.29 is 19.4 Å². The zero-order valence-electron chi connectivity index (χ0n) is 6.53. The number of amides is 1. The predicted molar refractivity (Wildman–Crippen MR) is 37.7 cm³/mol. The summed E-state index contributed by atoms with van der Waals surface area (Å²) in [5.41, 5.74) is 4.44. The van der Waals surface area contributed by atoms with E-state index in [0.717, 1.165) is 0 Å². The first-order valence-electron chi connectivity index (χ1n) is 3.57. The highest BCUT2D eigenvalue weighted by atomic mass is 16.5. The minimum absolute atomic E-state index is 0.220. The second-order valence-electron chi connectivity index (χ2n) is 2.31. The molecule has 0 aliphatic carbocycles. The standard InChI is InChI=1S/C6H10N2O4/c1-2-12-6(11)3-4(9)5(10)8-7-3/h3-4,7,9H,2H2,1H3,(H,8,10)/t3-,4+/m0/s1. The van der Waals surface area contributed by atoms with Crippen molar-refractivity contribution in [2.24, 2.45) is 0 Å². The highest BCUT2D eigenvalue weighted by Crippen LogP contribution is 2.01. The largest absolute Gasteiger partial charge is 0.465 e. The summed E-state index contributed by atoms with van der Waals surface area (Å²) < 4.78 is 4.59. The van der Waals surface area contributed by atoms with Crippen molar-refractivity contribution in [2.75, 3.05) is 6.61 Å². The second-order valence-corrected chi connectivity index (χ2v) is 2.31.